The Morgan fingerprint density at radius 1 is 1.33 bits per heavy atom. The lowest BCUT2D eigenvalue weighted by Crippen LogP contribution is -1.76. The molecule has 0 aromatic carbocycles. The largest absolute Gasteiger partial charge is 0.0874 e. The van der Waals surface area contributed by atoms with Crippen LogP contribution in [0.1, 0.15) is 34.1 Å². The molecule has 0 atom stereocenters. The van der Waals surface area contributed by atoms with Crippen molar-refractivity contribution in [3.63, 3.8) is 0 Å². The van der Waals surface area contributed by atoms with Crippen LogP contribution >= 0.6 is 0 Å². The monoisotopic (exact) mass is 124 g/mol. The predicted octanol–water partition coefficient (Wildman–Crippen LogP) is 3.31. The first-order valence-electron chi connectivity index (χ1n) is 3.51. The van der Waals surface area contributed by atoms with Gasteiger partial charge in [0.15, 0.2) is 0 Å². The van der Waals surface area contributed by atoms with Gasteiger partial charge in [-0.05, 0) is 27.2 Å². The van der Waals surface area contributed by atoms with Crippen molar-refractivity contribution in [3.05, 3.63) is 23.3 Å². The van der Waals surface area contributed by atoms with Crippen LogP contribution < -0.4 is 0 Å². The topological polar surface area (TPSA) is 0 Å². The van der Waals surface area contributed by atoms with Gasteiger partial charge < -0.3 is 0 Å². The van der Waals surface area contributed by atoms with Gasteiger partial charge in [0, 0.05) is 0 Å². The second kappa shape index (κ2) is 4.37. The van der Waals surface area contributed by atoms with Gasteiger partial charge in [0.25, 0.3) is 0 Å². The molecule has 9 heavy (non-hydrogen) atoms. The van der Waals surface area contributed by atoms with Crippen molar-refractivity contribution >= 4 is 0 Å². The van der Waals surface area contributed by atoms with E-state index in [0.29, 0.717) is 0 Å². The van der Waals surface area contributed by atoms with E-state index in [1.165, 1.54) is 11.1 Å². The van der Waals surface area contributed by atoms with Gasteiger partial charge in [-0.25, -0.2) is 0 Å². The zero-order valence-corrected chi connectivity index (χ0v) is 6.86. The average molecular weight is 124 g/mol. The molecule has 0 saturated carbocycles. The lowest BCUT2D eigenvalue weighted by Gasteiger charge is -1.97. The Kier molecular flexibility index (Phi) is 4.12. The standard InChI is InChI=1S/C9H16/c1-5-7-9(4)8(3)6-2/h5,7H,6H2,1-4H3. The number of allylic oxidation sites excluding steroid dienone is 4. The van der Waals surface area contributed by atoms with E-state index in [2.05, 4.69) is 32.9 Å². The molecule has 52 valence electrons. The van der Waals surface area contributed by atoms with Crippen LogP contribution in [0.15, 0.2) is 23.3 Å². The fraction of sp³-hybridized carbons (Fsp3) is 0.556. The van der Waals surface area contributed by atoms with Crippen molar-refractivity contribution < 1.29 is 0 Å². The van der Waals surface area contributed by atoms with Gasteiger partial charge in [-0.15, -0.1) is 0 Å². The summed E-state index contributed by atoms with van der Waals surface area (Å²) in [6.45, 7) is 8.56. The second-order valence-corrected chi connectivity index (χ2v) is 2.32. The van der Waals surface area contributed by atoms with Crippen LogP contribution in [0, 0.1) is 0 Å². The zero-order valence-electron chi connectivity index (χ0n) is 6.86. The summed E-state index contributed by atoms with van der Waals surface area (Å²) < 4.78 is 0. The summed E-state index contributed by atoms with van der Waals surface area (Å²) in [5, 5.41) is 0. The molecule has 0 aliphatic carbocycles. The summed E-state index contributed by atoms with van der Waals surface area (Å²) in [6.07, 6.45) is 5.39. The lowest BCUT2D eigenvalue weighted by molar-refractivity contribution is 1.07. The van der Waals surface area contributed by atoms with Crippen molar-refractivity contribution in [2.75, 3.05) is 0 Å². The lowest BCUT2D eigenvalue weighted by atomic mass is 10.1. The molecular formula is C9H16. The molecule has 0 N–H and O–H groups in total. The van der Waals surface area contributed by atoms with Crippen LogP contribution in [-0.2, 0) is 0 Å². The molecule has 0 bridgehead atoms. The molecule has 0 radical (unpaired) electrons. The number of hydrogen-bond donors (Lipinski definition) is 0. The van der Waals surface area contributed by atoms with Crippen molar-refractivity contribution in [1.82, 2.24) is 0 Å². The number of hydrogen-bond acceptors (Lipinski definition) is 0. The molecule has 0 fully saturated rings. The van der Waals surface area contributed by atoms with Crippen molar-refractivity contribution in [1.29, 1.82) is 0 Å². The maximum absolute atomic E-state index is 2.18. The molecule has 0 rings (SSSR count). The van der Waals surface area contributed by atoms with E-state index in [1.807, 2.05) is 6.92 Å². The van der Waals surface area contributed by atoms with Gasteiger partial charge in [-0.2, -0.15) is 0 Å². The second-order valence-electron chi connectivity index (χ2n) is 2.32. The van der Waals surface area contributed by atoms with Gasteiger partial charge in [-0.1, -0.05) is 30.2 Å². The Balaban J connectivity index is 4.10. The van der Waals surface area contributed by atoms with E-state index in [0.717, 1.165) is 6.42 Å². The van der Waals surface area contributed by atoms with Crippen LogP contribution in [0.5, 0.6) is 0 Å². The SMILES string of the molecule is CC=CC(C)=C(C)CC. The highest BCUT2D eigenvalue weighted by atomic mass is 13.9. The first-order valence-corrected chi connectivity index (χ1v) is 3.51. The van der Waals surface area contributed by atoms with Crippen LogP contribution in [0.2, 0.25) is 0 Å². The van der Waals surface area contributed by atoms with Gasteiger partial charge in [0.2, 0.25) is 0 Å². The third-order valence-corrected chi connectivity index (χ3v) is 1.62. The van der Waals surface area contributed by atoms with E-state index in [4.69, 9.17) is 0 Å². The Hall–Kier alpha value is -0.520. The summed E-state index contributed by atoms with van der Waals surface area (Å²) in [4.78, 5) is 0. The highest BCUT2D eigenvalue weighted by molar-refractivity contribution is 5.21. The van der Waals surface area contributed by atoms with E-state index >= 15 is 0 Å². The Labute approximate surface area is 58.3 Å². The molecule has 0 heteroatoms. The van der Waals surface area contributed by atoms with Crippen LogP contribution in [-0.4, -0.2) is 0 Å². The summed E-state index contributed by atoms with van der Waals surface area (Å²) in [5.41, 5.74) is 2.88. The molecule has 0 saturated heterocycles. The van der Waals surface area contributed by atoms with Crippen molar-refractivity contribution in [2.24, 2.45) is 0 Å². The van der Waals surface area contributed by atoms with Crippen LogP contribution in [0.4, 0.5) is 0 Å². The third kappa shape index (κ3) is 3.12. The molecule has 0 aliphatic rings. The minimum Gasteiger partial charge on any atom is -0.0874 e. The Morgan fingerprint density at radius 3 is 2.22 bits per heavy atom. The van der Waals surface area contributed by atoms with Gasteiger partial charge >= 0.3 is 0 Å². The molecule has 0 spiro atoms. The summed E-state index contributed by atoms with van der Waals surface area (Å²) >= 11 is 0. The Morgan fingerprint density at radius 2 is 1.89 bits per heavy atom. The molecule has 0 nitrogen and oxygen atoms in total. The van der Waals surface area contributed by atoms with E-state index < -0.39 is 0 Å². The average Bonchev–Trinajstić information content (AvgIpc) is 1.87. The smallest absolute Gasteiger partial charge is 0.0346 e. The predicted molar refractivity (Wildman–Crippen MR) is 43.5 cm³/mol. The van der Waals surface area contributed by atoms with Crippen LogP contribution in [0.3, 0.4) is 0 Å². The van der Waals surface area contributed by atoms with E-state index in [-0.39, 0.29) is 0 Å². The highest BCUT2D eigenvalue weighted by Crippen LogP contribution is 2.07. The molecule has 0 aromatic rings. The minimum absolute atomic E-state index is 1.16. The van der Waals surface area contributed by atoms with Crippen molar-refractivity contribution in [2.45, 2.75) is 34.1 Å². The van der Waals surface area contributed by atoms with Crippen molar-refractivity contribution in [3.8, 4) is 0 Å². The van der Waals surface area contributed by atoms with Gasteiger partial charge in [0.05, 0.1) is 0 Å². The molecular weight excluding hydrogens is 108 g/mol. The fourth-order valence-electron chi connectivity index (χ4n) is 0.671. The quantitative estimate of drug-likeness (QED) is 0.495. The third-order valence-electron chi connectivity index (χ3n) is 1.62. The van der Waals surface area contributed by atoms with E-state index in [1.54, 1.807) is 0 Å². The molecule has 0 amide bonds. The zero-order chi connectivity index (χ0) is 7.28. The van der Waals surface area contributed by atoms with Crippen LogP contribution in [0.25, 0.3) is 0 Å². The minimum atomic E-state index is 1.16. The Bertz CT molecular complexity index is 127. The fourth-order valence-corrected chi connectivity index (χ4v) is 0.671. The first kappa shape index (κ1) is 8.48. The molecule has 0 unspecified atom stereocenters. The summed E-state index contributed by atoms with van der Waals surface area (Å²) in [7, 11) is 0. The molecule has 0 heterocycles. The maximum Gasteiger partial charge on any atom is -0.0346 e. The van der Waals surface area contributed by atoms with Gasteiger partial charge in [-0.3, -0.25) is 0 Å². The summed E-state index contributed by atoms with van der Waals surface area (Å²) in [6, 6.07) is 0. The molecule has 0 aromatic heterocycles. The van der Waals surface area contributed by atoms with E-state index in [9.17, 15) is 0 Å². The first-order chi connectivity index (χ1) is 4.22. The van der Waals surface area contributed by atoms with Gasteiger partial charge in [0.1, 0.15) is 0 Å². The number of rotatable bonds is 2. The summed E-state index contributed by atoms with van der Waals surface area (Å²) in [5.74, 6) is 0. The highest BCUT2D eigenvalue weighted by Gasteiger charge is 1.86. The maximum atomic E-state index is 2.18. The normalized spacial score (nSPS) is 14.2. The molecule has 0 aliphatic heterocycles.